The first-order valence-electron chi connectivity index (χ1n) is 41.1. The third-order valence-electron chi connectivity index (χ3n) is 23.8. The molecule has 0 bridgehead atoms. The van der Waals surface area contributed by atoms with E-state index < -0.39 is 276 Å². The Hall–Kier alpha value is -8.20. The summed E-state index contributed by atoms with van der Waals surface area (Å²) in [4.78, 5) is 78.8. The van der Waals surface area contributed by atoms with Crippen molar-refractivity contribution in [1.82, 2.24) is 0 Å². The van der Waals surface area contributed by atoms with Crippen molar-refractivity contribution in [3.8, 4) is 0 Å². The number of ether oxygens (including phenoxy) is 7. The van der Waals surface area contributed by atoms with Gasteiger partial charge in [0.05, 0.1) is 0 Å². The van der Waals surface area contributed by atoms with Crippen molar-refractivity contribution in [3.05, 3.63) is 85.6 Å². The van der Waals surface area contributed by atoms with Gasteiger partial charge in [-0.15, -0.1) is 0 Å². The van der Waals surface area contributed by atoms with Gasteiger partial charge in [0, 0.05) is 69.1 Å². The van der Waals surface area contributed by atoms with Crippen LogP contribution in [0.3, 0.4) is 0 Å². The summed E-state index contributed by atoms with van der Waals surface area (Å²) in [6.45, 7) is 36.5. The molecule has 4 saturated carbocycles. The maximum Gasteiger partial charge on any atom is 0.426 e. The zero-order valence-electron chi connectivity index (χ0n) is 78.6. The first-order valence-corrected chi connectivity index (χ1v) is 41.1. The van der Waals surface area contributed by atoms with E-state index in [1.54, 1.807) is 0 Å². The molecule has 824 valence electrons. The highest BCUT2D eigenvalue weighted by Crippen LogP contribution is 2.59. The first-order chi connectivity index (χ1) is 61.8. The molecule has 0 spiro atoms. The Bertz CT molecular complexity index is 4220. The fraction of sp³-hybridized carbons (Fsp3) is 0.753. The van der Waals surface area contributed by atoms with Gasteiger partial charge in [-0.25, -0.2) is 33.6 Å². The third kappa shape index (κ3) is 35.3. The van der Waals surface area contributed by atoms with Gasteiger partial charge < -0.3 is 79.1 Å². The van der Waals surface area contributed by atoms with Gasteiger partial charge in [0.1, 0.15) is 42.2 Å². The monoisotopic (exact) mass is 2130 g/mol. The molecule has 56 heteroatoms. The fourth-order valence-corrected chi connectivity index (χ4v) is 13.2. The molecule has 141 heavy (non-hydrogen) atoms. The first kappa shape index (κ1) is 137. The van der Waals surface area contributed by atoms with Crippen molar-refractivity contribution in [1.29, 1.82) is 0 Å². The minimum Gasteiger partial charge on any atom is -0.459 e. The molecule has 4 aliphatic rings. The fourth-order valence-electron chi connectivity index (χ4n) is 13.2. The van der Waals surface area contributed by atoms with Gasteiger partial charge in [0.15, 0.2) is 39.2 Å². The van der Waals surface area contributed by atoms with Gasteiger partial charge in [-0.1, -0.05) is 71.7 Å². The van der Waals surface area contributed by atoms with E-state index in [1.807, 2.05) is 0 Å². The van der Waals surface area contributed by atoms with Crippen LogP contribution >= 0.6 is 0 Å². The summed E-state index contributed by atoms with van der Waals surface area (Å²) >= 11 is 0. The van der Waals surface area contributed by atoms with Crippen LogP contribution in [0.4, 0.5) is 145 Å². The maximum atomic E-state index is 13.2. The molecule has 9 N–H and O–H groups in total. The topological polar surface area (TPSA) is 366 Å². The van der Waals surface area contributed by atoms with Crippen molar-refractivity contribution >= 4 is 41.8 Å². The van der Waals surface area contributed by atoms with E-state index in [0.29, 0.717) is 66.4 Å². The average molecular weight is 2130 g/mol. The van der Waals surface area contributed by atoms with Crippen molar-refractivity contribution in [3.63, 3.8) is 0 Å². The van der Waals surface area contributed by atoms with E-state index in [2.05, 4.69) is 69.7 Å². The standard InChI is InChI=1S/C16H19F9O4.C15H17F9O4.C14H21F3O3.C13H19F3O3.C10H15F3O3.C9H13F3O3.C8H11F3O3/c1-7(2)11(26)29-10-5-8(12(3,27)14(17,18)19)4-9(6-10)13(28,15(20,21)22)16(23,24)25;1-3-10(25)28-9-5-7(11(2,26)13(16,17)18)4-8(6-9)12(27,14(19,20)21)15(22,23)24;1-9(2)11(18)20-12(3,10-7-5-6-8-10)13(4,19)14(15,16)17;1-8(2)11(17)19-10(9-6-4-5-7-9)12(3,18)13(14,15)16;1-6(2)7(14)16-8(3,4)9(5,15)10(11,12)13;1-5(2)7(13)15-6(3)8(4,14)9(10,11)12;1-5(2)6(12)14-4-7(3,13)8(9,10)11/h8-10,27-28H,1,4-6H2,2-3H3;3,7-9,26-27H,1,4-6H2,2H3;10,19H,1,5-8H2,2-4H3;9-10,18H,1,4-7H2,2-3H3;15H,1H2,2-5H3;6,14H,1H2,2-4H3;13H,1,4H2,2-3H3. The highest BCUT2D eigenvalue weighted by molar-refractivity contribution is 5.89. The molecule has 16 unspecified atom stereocenters. The second kappa shape index (κ2) is 48.4. The molecule has 0 amide bonds. The third-order valence-corrected chi connectivity index (χ3v) is 23.8. The largest absolute Gasteiger partial charge is 0.459 e. The molecule has 0 aromatic carbocycles. The molecule has 0 radical (unpaired) electrons. The quantitative estimate of drug-likeness (QED) is 0.0177. The Morgan fingerprint density at radius 1 is 0.326 bits per heavy atom. The molecule has 0 aromatic rings. The molecular formula is C85H115F33O23. The number of rotatable bonds is 25. The lowest BCUT2D eigenvalue weighted by Crippen LogP contribution is -2.64. The molecule has 0 aliphatic heterocycles. The maximum absolute atomic E-state index is 13.2. The lowest BCUT2D eigenvalue weighted by atomic mass is 9.66. The summed E-state index contributed by atoms with van der Waals surface area (Å²) in [5, 5.41) is 85.8. The van der Waals surface area contributed by atoms with Crippen LogP contribution in [0.2, 0.25) is 0 Å². The SMILES string of the molecule is C=C(C)C(=O)OC(C)(C)C(C)(O)C(F)(F)F.C=C(C)C(=O)OC(C)(C1CCCC1)C(C)(O)C(F)(F)F.C=C(C)C(=O)OC(C)C(C)(O)C(F)(F)F.C=C(C)C(=O)OC(C1CCCC1)C(C)(O)C(F)(F)F.C=C(C)C(=O)OC1CC(C(C)(O)C(F)(F)F)CC(C(O)(C(F)(F)F)C(F)(F)F)C1.C=C(C)C(=O)OCC(C)(O)C(F)(F)F.C=CC(=O)OC1CC(C(C)(O)C(F)(F)F)CC(C(O)(C(F)(F)F)C(F)(F)F)C1. The Morgan fingerprint density at radius 2 is 0.617 bits per heavy atom. The zero-order chi connectivity index (χ0) is 114. The predicted molar refractivity (Wildman–Crippen MR) is 426 cm³/mol. The summed E-state index contributed by atoms with van der Waals surface area (Å²) in [6, 6.07) is 0. The smallest absolute Gasteiger partial charge is 0.426 e. The second-order valence-corrected chi connectivity index (χ2v) is 36.1. The van der Waals surface area contributed by atoms with Gasteiger partial charge in [-0.05, 0) is 188 Å². The minimum absolute atomic E-state index is 0.00666. The van der Waals surface area contributed by atoms with E-state index >= 15 is 0 Å². The molecule has 4 fully saturated rings. The minimum atomic E-state index is -6.29. The highest BCUT2D eigenvalue weighted by atomic mass is 19.5. The van der Waals surface area contributed by atoms with Gasteiger partial charge in [-0.2, -0.15) is 145 Å². The number of alkyl halides is 33. The zero-order valence-corrected chi connectivity index (χ0v) is 78.6. The van der Waals surface area contributed by atoms with Crippen molar-refractivity contribution in [2.24, 2.45) is 35.5 Å². The van der Waals surface area contributed by atoms with Crippen LogP contribution in [-0.4, -0.2) is 248 Å². The van der Waals surface area contributed by atoms with E-state index in [4.69, 9.17) is 19.7 Å². The number of hydrogen-bond donors (Lipinski definition) is 9. The van der Waals surface area contributed by atoms with Crippen LogP contribution in [0.5, 0.6) is 0 Å². The van der Waals surface area contributed by atoms with E-state index in [1.165, 1.54) is 34.6 Å². The number of halogens is 33. The van der Waals surface area contributed by atoms with Gasteiger partial charge in [0.2, 0.25) is 0 Å². The normalized spacial score (nSPS) is 22.4. The van der Waals surface area contributed by atoms with E-state index in [0.717, 1.165) is 60.3 Å². The Kier molecular flexibility index (Phi) is 47.0. The number of carbonyl (C=O) groups excluding carboxylic acids is 7. The second-order valence-electron chi connectivity index (χ2n) is 36.1. The molecular weight excluding hydrogens is 2020 g/mol. The van der Waals surface area contributed by atoms with E-state index in [-0.39, 0.29) is 47.3 Å². The van der Waals surface area contributed by atoms with Gasteiger partial charge >= 0.3 is 110 Å². The molecule has 23 nitrogen and oxygen atoms in total. The highest BCUT2D eigenvalue weighted by Gasteiger charge is 2.78. The van der Waals surface area contributed by atoms with Gasteiger partial charge in [0.25, 0.3) is 11.2 Å². The van der Waals surface area contributed by atoms with Crippen LogP contribution < -0.4 is 0 Å². The van der Waals surface area contributed by atoms with E-state index in [9.17, 15) is 214 Å². The van der Waals surface area contributed by atoms with Crippen LogP contribution in [0, 0.1) is 35.5 Å². The molecule has 0 heterocycles. The van der Waals surface area contributed by atoms with Crippen molar-refractivity contribution in [2.75, 3.05) is 6.61 Å². The number of hydrogen-bond acceptors (Lipinski definition) is 23. The van der Waals surface area contributed by atoms with Crippen LogP contribution in [0.1, 0.15) is 208 Å². The Balaban J connectivity index is -0.00000160. The molecule has 0 saturated heterocycles. The summed E-state index contributed by atoms with van der Waals surface area (Å²) < 4.78 is 458. The van der Waals surface area contributed by atoms with Crippen molar-refractivity contribution in [2.45, 2.75) is 362 Å². The van der Waals surface area contributed by atoms with Gasteiger partial charge in [-0.3, -0.25) is 0 Å². The summed E-state index contributed by atoms with van der Waals surface area (Å²) in [6.07, 6.45) is -68.8. The lowest BCUT2D eigenvalue weighted by Gasteiger charge is -2.47. The van der Waals surface area contributed by atoms with Crippen molar-refractivity contribution < 1.29 is 258 Å². The Morgan fingerprint density at radius 3 is 0.894 bits per heavy atom. The summed E-state index contributed by atoms with van der Waals surface area (Å²) in [5.41, 5.74) is -38.0. The Labute approximate surface area is 786 Å². The van der Waals surface area contributed by atoms with Crippen LogP contribution in [0.25, 0.3) is 0 Å². The number of aliphatic hydroxyl groups is 9. The molecule has 16 atom stereocenters. The molecule has 4 aliphatic carbocycles. The molecule has 4 rings (SSSR count). The number of esters is 7. The lowest BCUT2D eigenvalue weighted by molar-refractivity contribution is -0.392. The predicted octanol–water partition coefficient (Wildman–Crippen LogP) is 19.5. The van der Waals surface area contributed by atoms with Crippen LogP contribution in [0.15, 0.2) is 85.6 Å². The van der Waals surface area contributed by atoms with Crippen LogP contribution in [-0.2, 0) is 66.7 Å². The average Bonchev–Trinajstić information content (AvgIpc) is 0.770. The molecule has 0 aromatic heterocycles. The summed E-state index contributed by atoms with van der Waals surface area (Å²) in [5.74, 6) is -18.4. The number of carbonyl (C=O) groups is 7. The summed E-state index contributed by atoms with van der Waals surface area (Å²) in [7, 11) is 0.